The number of nitrogens with zero attached hydrogens (tertiary/aromatic N) is 2. The highest BCUT2D eigenvalue weighted by molar-refractivity contribution is 5.85. The molecule has 0 saturated carbocycles. The van der Waals surface area contributed by atoms with E-state index < -0.39 is 0 Å². The molecule has 2 aromatic rings. The van der Waals surface area contributed by atoms with Crippen molar-refractivity contribution in [3.63, 3.8) is 0 Å². The van der Waals surface area contributed by atoms with E-state index in [9.17, 15) is 4.79 Å². The number of carbonyl (C=O) groups is 1. The molecule has 2 aliphatic heterocycles. The number of hydrogen-bond acceptors (Lipinski definition) is 3. The zero-order valence-electron chi connectivity index (χ0n) is 15.5. The van der Waals surface area contributed by atoms with Crippen LogP contribution < -0.4 is 0 Å². The average Bonchev–Trinajstić information content (AvgIpc) is 2.89. The van der Waals surface area contributed by atoms with Gasteiger partial charge in [-0.15, -0.1) is 12.4 Å². The van der Waals surface area contributed by atoms with Crippen molar-refractivity contribution in [1.29, 1.82) is 0 Å². The van der Waals surface area contributed by atoms with Gasteiger partial charge in [-0.1, -0.05) is 54.6 Å². The lowest BCUT2D eigenvalue weighted by atomic mass is 9.88. The van der Waals surface area contributed by atoms with Crippen LogP contribution >= 0.6 is 12.4 Å². The lowest BCUT2D eigenvalue weighted by Gasteiger charge is -2.30. The third-order valence-corrected chi connectivity index (χ3v) is 5.50. The largest absolute Gasteiger partial charge is 0.379 e. The number of rotatable bonds is 3. The van der Waals surface area contributed by atoms with Crippen LogP contribution in [0.5, 0.6) is 0 Å². The fourth-order valence-corrected chi connectivity index (χ4v) is 4.01. The Balaban J connectivity index is 0.00000210. The fraction of sp³-hybridized carbons (Fsp3) is 0.409. The number of halogens is 1. The highest BCUT2D eigenvalue weighted by Gasteiger charge is 2.27. The summed E-state index contributed by atoms with van der Waals surface area (Å²) >= 11 is 0. The Kier molecular flexibility index (Phi) is 6.89. The summed E-state index contributed by atoms with van der Waals surface area (Å²) in [6, 6.07) is 19.2. The molecule has 27 heavy (non-hydrogen) atoms. The summed E-state index contributed by atoms with van der Waals surface area (Å²) < 4.78 is 5.40. The van der Waals surface area contributed by atoms with Gasteiger partial charge in [0.2, 0.25) is 5.91 Å². The summed E-state index contributed by atoms with van der Waals surface area (Å²) in [5.74, 6) is 0.476. The van der Waals surface area contributed by atoms with Gasteiger partial charge in [-0.05, 0) is 23.1 Å². The lowest BCUT2D eigenvalue weighted by Crippen LogP contribution is -2.45. The Morgan fingerprint density at radius 1 is 0.963 bits per heavy atom. The summed E-state index contributed by atoms with van der Waals surface area (Å²) in [5, 5.41) is 0. The molecule has 0 bridgehead atoms. The summed E-state index contributed by atoms with van der Waals surface area (Å²) in [6.45, 7) is 5.20. The number of morpholine rings is 1. The van der Waals surface area contributed by atoms with Gasteiger partial charge in [-0.3, -0.25) is 9.69 Å². The van der Waals surface area contributed by atoms with Crippen LogP contribution in [-0.4, -0.2) is 61.6 Å². The Labute approximate surface area is 167 Å². The molecule has 2 heterocycles. The molecule has 1 amide bonds. The molecule has 1 unspecified atom stereocenters. The van der Waals surface area contributed by atoms with Gasteiger partial charge in [0.25, 0.3) is 0 Å². The number of amides is 1. The maximum atomic E-state index is 13.0. The first-order chi connectivity index (χ1) is 12.8. The number of hydrogen-bond donors (Lipinski definition) is 0. The Morgan fingerprint density at radius 2 is 1.67 bits per heavy atom. The van der Waals surface area contributed by atoms with Crippen molar-refractivity contribution in [3.05, 3.63) is 71.3 Å². The molecule has 1 fully saturated rings. The van der Waals surface area contributed by atoms with Gasteiger partial charge >= 0.3 is 0 Å². The van der Waals surface area contributed by atoms with Crippen LogP contribution in [0.25, 0.3) is 0 Å². The molecule has 0 aromatic heterocycles. The van der Waals surface area contributed by atoms with Gasteiger partial charge in [0.05, 0.1) is 19.8 Å². The molecule has 0 N–H and O–H groups in total. The molecule has 1 atom stereocenters. The molecule has 0 aliphatic carbocycles. The molecule has 5 heteroatoms. The molecular formula is C22H27ClN2O2. The van der Waals surface area contributed by atoms with E-state index in [-0.39, 0.29) is 24.2 Å². The zero-order chi connectivity index (χ0) is 17.8. The quantitative estimate of drug-likeness (QED) is 0.813. The Morgan fingerprint density at radius 3 is 2.44 bits per heavy atom. The van der Waals surface area contributed by atoms with Gasteiger partial charge < -0.3 is 9.64 Å². The fourth-order valence-electron chi connectivity index (χ4n) is 4.01. The first-order valence-electron chi connectivity index (χ1n) is 9.52. The van der Waals surface area contributed by atoms with Crippen molar-refractivity contribution in [2.45, 2.75) is 12.3 Å². The second-order valence-corrected chi connectivity index (χ2v) is 7.14. The van der Waals surface area contributed by atoms with E-state index in [2.05, 4.69) is 58.3 Å². The van der Waals surface area contributed by atoms with Crippen molar-refractivity contribution < 1.29 is 9.53 Å². The van der Waals surface area contributed by atoms with E-state index in [1.54, 1.807) is 0 Å². The lowest BCUT2D eigenvalue weighted by molar-refractivity contribution is -0.133. The smallest absolute Gasteiger partial charge is 0.236 e. The summed E-state index contributed by atoms with van der Waals surface area (Å²) in [7, 11) is 0. The second-order valence-electron chi connectivity index (χ2n) is 7.14. The normalized spacial score (nSPS) is 20.3. The predicted molar refractivity (Wildman–Crippen MR) is 110 cm³/mol. The molecule has 4 nitrogen and oxygen atoms in total. The zero-order valence-corrected chi connectivity index (χ0v) is 16.4. The molecular weight excluding hydrogens is 360 g/mol. The van der Waals surface area contributed by atoms with Crippen LogP contribution in [0.1, 0.15) is 22.6 Å². The van der Waals surface area contributed by atoms with E-state index in [4.69, 9.17) is 4.74 Å². The van der Waals surface area contributed by atoms with Crippen LogP contribution in [0.4, 0.5) is 0 Å². The van der Waals surface area contributed by atoms with E-state index in [1.165, 1.54) is 16.7 Å². The summed E-state index contributed by atoms with van der Waals surface area (Å²) in [4.78, 5) is 17.3. The highest BCUT2D eigenvalue weighted by Crippen LogP contribution is 2.31. The Bertz CT molecular complexity index is 747. The van der Waals surface area contributed by atoms with Crippen LogP contribution in [0.15, 0.2) is 54.6 Å². The molecule has 1 saturated heterocycles. The highest BCUT2D eigenvalue weighted by atomic mass is 35.5. The SMILES string of the molecule is Cl.O=C(CN1CCOCC1)N1CCc2ccccc2C(c2ccccc2)C1. The minimum atomic E-state index is 0. The van der Waals surface area contributed by atoms with Gasteiger partial charge in [-0.2, -0.15) is 0 Å². The van der Waals surface area contributed by atoms with Crippen LogP contribution in [0, 0.1) is 0 Å². The van der Waals surface area contributed by atoms with E-state index in [1.807, 2.05) is 6.07 Å². The first kappa shape index (κ1) is 19.9. The molecule has 0 radical (unpaired) electrons. The van der Waals surface area contributed by atoms with Gasteiger partial charge in [-0.25, -0.2) is 0 Å². The van der Waals surface area contributed by atoms with E-state index in [0.717, 1.165) is 45.8 Å². The molecule has 4 rings (SSSR count). The van der Waals surface area contributed by atoms with Crippen molar-refractivity contribution >= 4 is 18.3 Å². The van der Waals surface area contributed by atoms with E-state index >= 15 is 0 Å². The van der Waals surface area contributed by atoms with Crippen LogP contribution in [0.3, 0.4) is 0 Å². The number of ether oxygens (including phenoxy) is 1. The first-order valence-corrected chi connectivity index (χ1v) is 9.52. The summed E-state index contributed by atoms with van der Waals surface area (Å²) in [5.41, 5.74) is 4.01. The molecule has 144 valence electrons. The van der Waals surface area contributed by atoms with E-state index in [0.29, 0.717) is 6.54 Å². The van der Waals surface area contributed by atoms with Gasteiger partial charge in [0.15, 0.2) is 0 Å². The summed E-state index contributed by atoms with van der Waals surface area (Å²) in [6.07, 6.45) is 0.925. The third-order valence-electron chi connectivity index (χ3n) is 5.50. The number of carbonyl (C=O) groups excluding carboxylic acids is 1. The third kappa shape index (κ3) is 4.70. The van der Waals surface area contributed by atoms with Crippen LogP contribution in [-0.2, 0) is 16.0 Å². The standard InChI is InChI=1S/C22H26N2O2.ClH/c25-22(17-23-12-14-26-15-13-23)24-11-10-19-8-4-5-9-20(19)21(16-24)18-6-2-1-3-7-18;/h1-9,21H,10-17H2;1H. The maximum absolute atomic E-state index is 13.0. The van der Waals surface area contributed by atoms with Gasteiger partial charge in [0, 0.05) is 32.1 Å². The van der Waals surface area contributed by atoms with Crippen molar-refractivity contribution in [2.24, 2.45) is 0 Å². The minimum absolute atomic E-state index is 0. The van der Waals surface area contributed by atoms with Crippen molar-refractivity contribution in [3.8, 4) is 0 Å². The van der Waals surface area contributed by atoms with Crippen molar-refractivity contribution in [1.82, 2.24) is 9.80 Å². The minimum Gasteiger partial charge on any atom is -0.379 e. The predicted octanol–water partition coefficient (Wildman–Crippen LogP) is 2.96. The number of benzene rings is 2. The second kappa shape index (κ2) is 9.36. The molecule has 2 aliphatic rings. The van der Waals surface area contributed by atoms with Crippen LogP contribution in [0.2, 0.25) is 0 Å². The van der Waals surface area contributed by atoms with Crippen molar-refractivity contribution in [2.75, 3.05) is 45.9 Å². The number of fused-ring (bicyclic) bond motifs is 1. The monoisotopic (exact) mass is 386 g/mol. The Hall–Kier alpha value is -1.88. The van der Waals surface area contributed by atoms with Gasteiger partial charge in [0.1, 0.15) is 0 Å². The molecule has 2 aromatic carbocycles. The maximum Gasteiger partial charge on any atom is 0.236 e. The average molecular weight is 387 g/mol. The molecule has 0 spiro atoms. The topological polar surface area (TPSA) is 32.8 Å².